The summed E-state index contributed by atoms with van der Waals surface area (Å²) >= 11 is 0. The van der Waals surface area contributed by atoms with Gasteiger partial charge in [0.25, 0.3) is 5.69 Å². The Labute approximate surface area is 138 Å². The second-order valence-electron chi connectivity index (χ2n) is 4.85. The maximum Gasteiger partial charge on any atom is 0.328 e. The Bertz CT molecular complexity index is 613. The van der Waals surface area contributed by atoms with Crippen molar-refractivity contribution < 1.29 is 28.8 Å². The van der Waals surface area contributed by atoms with Gasteiger partial charge in [0.2, 0.25) is 5.91 Å². The second kappa shape index (κ2) is 9.23. The number of benzene rings is 1. The molecule has 0 heterocycles. The summed E-state index contributed by atoms with van der Waals surface area (Å²) in [5.74, 6) is -1.69. The first-order chi connectivity index (χ1) is 11.4. The van der Waals surface area contributed by atoms with Gasteiger partial charge in [-0.3, -0.25) is 19.7 Å². The average Bonchev–Trinajstić information content (AvgIpc) is 2.58. The molecule has 0 aliphatic heterocycles. The Morgan fingerprint density at radius 1 is 1.12 bits per heavy atom. The molecule has 0 radical (unpaired) electrons. The van der Waals surface area contributed by atoms with E-state index in [2.05, 4.69) is 14.8 Å². The second-order valence-corrected chi connectivity index (χ2v) is 4.85. The number of rotatable bonds is 8. The molecule has 0 spiro atoms. The van der Waals surface area contributed by atoms with Gasteiger partial charge < -0.3 is 14.8 Å². The monoisotopic (exact) mass is 338 g/mol. The molecule has 9 heteroatoms. The molecule has 130 valence electrons. The summed E-state index contributed by atoms with van der Waals surface area (Å²) in [7, 11) is 2.40. The molecular weight excluding hydrogens is 320 g/mol. The van der Waals surface area contributed by atoms with Crippen molar-refractivity contribution in [3.8, 4) is 0 Å². The number of amides is 1. The zero-order valence-electron chi connectivity index (χ0n) is 13.3. The molecule has 0 fully saturated rings. The maximum atomic E-state index is 11.8. The SMILES string of the molecule is COC(=O)CCC(=O)N[C@@H](Cc1ccc([N+](=O)[O-])cc1)C(=O)OC. The number of hydrogen-bond acceptors (Lipinski definition) is 7. The van der Waals surface area contributed by atoms with Gasteiger partial charge in [-0.2, -0.15) is 0 Å². The summed E-state index contributed by atoms with van der Waals surface area (Å²) in [4.78, 5) is 44.7. The van der Waals surface area contributed by atoms with Crippen molar-refractivity contribution >= 4 is 23.5 Å². The Kier molecular flexibility index (Phi) is 7.34. The Morgan fingerprint density at radius 3 is 2.25 bits per heavy atom. The molecule has 1 amide bonds. The van der Waals surface area contributed by atoms with Crippen LogP contribution in [0.4, 0.5) is 5.69 Å². The highest BCUT2D eigenvalue weighted by molar-refractivity contribution is 5.86. The maximum absolute atomic E-state index is 11.8. The fourth-order valence-corrected chi connectivity index (χ4v) is 1.91. The predicted octanol–water partition coefficient (Wildman–Crippen LogP) is 0.748. The number of non-ortho nitro benzene ring substituents is 1. The quantitative estimate of drug-likeness (QED) is 0.421. The van der Waals surface area contributed by atoms with Gasteiger partial charge in [0, 0.05) is 25.0 Å². The lowest BCUT2D eigenvalue weighted by Crippen LogP contribution is -2.43. The number of carbonyl (C=O) groups is 3. The van der Waals surface area contributed by atoms with Gasteiger partial charge >= 0.3 is 11.9 Å². The number of ether oxygens (including phenoxy) is 2. The average molecular weight is 338 g/mol. The number of nitrogens with zero attached hydrogens (tertiary/aromatic N) is 1. The van der Waals surface area contributed by atoms with Crippen LogP contribution in [0.3, 0.4) is 0 Å². The summed E-state index contributed by atoms with van der Waals surface area (Å²) in [5, 5.41) is 13.1. The van der Waals surface area contributed by atoms with E-state index in [9.17, 15) is 24.5 Å². The van der Waals surface area contributed by atoms with Crippen LogP contribution in [-0.2, 0) is 30.3 Å². The number of hydrogen-bond donors (Lipinski definition) is 1. The van der Waals surface area contributed by atoms with Crippen LogP contribution in [0.1, 0.15) is 18.4 Å². The van der Waals surface area contributed by atoms with E-state index < -0.39 is 28.8 Å². The van der Waals surface area contributed by atoms with Gasteiger partial charge in [0.05, 0.1) is 25.6 Å². The van der Waals surface area contributed by atoms with Gasteiger partial charge in [-0.1, -0.05) is 12.1 Å². The van der Waals surface area contributed by atoms with E-state index in [4.69, 9.17) is 0 Å². The first-order valence-electron chi connectivity index (χ1n) is 7.04. The lowest BCUT2D eigenvalue weighted by molar-refractivity contribution is -0.384. The standard InChI is InChI=1S/C15H18N2O7/c1-23-14(19)8-7-13(18)16-12(15(20)24-2)9-10-3-5-11(6-4-10)17(21)22/h3-6,12H,7-9H2,1-2H3,(H,16,18)/t12-/m0/s1. The number of nitrogens with one attached hydrogen (secondary N) is 1. The van der Waals surface area contributed by atoms with Gasteiger partial charge in [0.15, 0.2) is 0 Å². The fourth-order valence-electron chi connectivity index (χ4n) is 1.91. The van der Waals surface area contributed by atoms with E-state index in [0.29, 0.717) is 5.56 Å². The predicted molar refractivity (Wildman–Crippen MR) is 82.0 cm³/mol. The third kappa shape index (κ3) is 6.03. The smallest absolute Gasteiger partial charge is 0.328 e. The van der Waals surface area contributed by atoms with Crippen LogP contribution < -0.4 is 5.32 Å². The first kappa shape index (κ1) is 19.1. The molecule has 0 unspecified atom stereocenters. The summed E-state index contributed by atoms with van der Waals surface area (Å²) in [5.41, 5.74) is 0.541. The van der Waals surface area contributed by atoms with E-state index in [0.717, 1.165) is 0 Å². The highest BCUT2D eigenvalue weighted by Crippen LogP contribution is 2.13. The third-order valence-corrected chi connectivity index (χ3v) is 3.19. The minimum Gasteiger partial charge on any atom is -0.469 e. The summed E-state index contributed by atoms with van der Waals surface area (Å²) in [6.07, 6.45) is -0.122. The summed E-state index contributed by atoms with van der Waals surface area (Å²) in [6, 6.07) is 4.65. The molecule has 0 aliphatic rings. The van der Waals surface area contributed by atoms with E-state index in [1.807, 2.05) is 0 Å². The number of methoxy groups -OCH3 is 2. The van der Waals surface area contributed by atoms with Crippen molar-refractivity contribution in [2.24, 2.45) is 0 Å². The van der Waals surface area contributed by atoms with Gasteiger partial charge in [-0.05, 0) is 5.56 Å². The molecule has 1 atom stereocenters. The van der Waals surface area contributed by atoms with Crippen LogP contribution >= 0.6 is 0 Å². The molecule has 0 saturated heterocycles. The Morgan fingerprint density at radius 2 is 1.75 bits per heavy atom. The zero-order valence-corrected chi connectivity index (χ0v) is 13.3. The molecule has 1 aromatic carbocycles. The zero-order chi connectivity index (χ0) is 18.1. The minimum absolute atomic E-state index is 0.0736. The third-order valence-electron chi connectivity index (χ3n) is 3.19. The van der Waals surface area contributed by atoms with Crippen LogP contribution in [0.25, 0.3) is 0 Å². The van der Waals surface area contributed by atoms with Crippen LogP contribution in [0, 0.1) is 10.1 Å². The molecule has 0 aliphatic carbocycles. The molecule has 24 heavy (non-hydrogen) atoms. The van der Waals surface area contributed by atoms with Crippen molar-refractivity contribution in [1.82, 2.24) is 5.32 Å². The van der Waals surface area contributed by atoms with Crippen molar-refractivity contribution in [3.63, 3.8) is 0 Å². The fraction of sp³-hybridized carbons (Fsp3) is 0.400. The number of esters is 2. The lowest BCUT2D eigenvalue weighted by Gasteiger charge is -2.16. The number of carbonyl (C=O) groups excluding carboxylic acids is 3. The molecule has 0 saturated carbocycles. The van der Waals surface area contributed by atoms with Crippen LogP contribution in [0.5, 0.6) is 0 Å². The molecule has 1 rings (SSSR count). The van der Waals surface area contributed by atoms with Gasteiger partial charge in [0.1, 0.15) is 6.04 Å². The highest BCUT2D eigenvalue weighted by Gasteiger charge is 2.22. The molecule has 9 nitrogen and oxygen atoms in total. The Hall–Kier alpha value is -2.97. The van der Waals surface area contributed by atoms with E-state index in [1.165, 1.54) is 38.5 Å². The van der Waals surface area contributed by atoms with E-state index >= 15 is 0 Å². The molecule has 1 N–H and O–H groups in total. The molecule has 0 aromatic heterocycles. The van der Waals surface area contributed by atoms with Crippen molar-refractivity contribution in [2.75, 3.05) is 14.2 Å². The molecule has 1 aromatic rings. The summed E-state index contributed by atoms with van der Waals surface area (Å²) < 4.78 is 9.08. The van der Waals surface area contributed by atoms with E-state index in [-0.39, 0.29) is 24.9 Å². The molecule has 0 bridgehead atoms. The van der Waals surface area contributed by atoms with Crippen LogP contribution in [-0.4, -0.2) is 43.0 Å². The molecular formula is C15H18N2O7. The number of nitro benzene ring substituents is 1. The largest absolute Gasteiger partial charge is 0.469 e. The normalized spacial score (nSPS) is 11.2. The van der Waals surface area contributed by atoms with Crippen LogP contribution in [0.2, 0.25) is 0 Å². The van der Waals surface area contributed by atoms with Crippen molar-refractivity contribution in [1.29, 1.82) is 0 Å². The van der Waals surface area contributed by atoms with Gasteiger partial charge in [-0.25, -0.2) is 4.79 Å². The van der Waals surface area contributed by atoms with Crippen molar-refractivity contribution in [3.05, 3.63) is 39.9 Å². The summed E-state index contributed by atoms with van der Waals surface area (Å²) in [6.45, 7) is 0. The van der Waals surface area contributed by atoms with Crippen LogP contribution in [0.15, 0.2) is 24.3 Å². The van der Waals surface area contributed by atoms with Crippen molar-refractivity contribution in [2.45, 2.75) is 25.3 Å². The van der Waals surface area contributed by atoms with E-state index in [1.54, 1.807) is 0 Å². The van der Waals surface area contributed by atoms with Gasteiger partial charge in [-0.15, -0.1) is 0 Å². The minimum atomic E-state index is -0.957. The highest BCUT2D eigenvalue weighted by atomic mass is 16.6. The Balaban J connectivity index is 2.71. The first-order valence-corrected chi connectivity index (χ1v) is 7.04. The number of nitro groups is 1. The lowest BCUT2D eigenvalue weighted by atomic mass is 10.1. The topological polar surface area (TPSA) is 125 Å².